The molecule has 0 saturated carbocycles. The highest BCUT2D eigenvalue weighted by Gasteiger charge is 2.56. The average Bonchev–Trinajstić information content (AvgIpc) is 2.29. The zero-order chi connectivity index (χ0) is 12.5. The predicted molar refractivity (Wildman–Crippen MR) is 70.5 cm³/mol. The first-order chi connectivity index (χ1) is 8.01. The Morgan fingerprint density at radius 2 is 2.00 bits per heavy atom. The number of nitrogens with one attached hydrogen (secondary N) is 1. The summed E-state index contributed by atoms with van der Waals surface area (Å²) in [6.45, 7) is 7.71. The van der Waals surface area contributed by atoms with Gasteiger partial charge < -0.3 is 10.4 Å². The fraction of sp³-hybridized carbons (Fsp3) is 0.917. The SMILES string of the molecule is CC1(C)CCSCC1(C(=O)O)N1CCNCC1. The lowest BCUT2D eigenvalue weighted by Gasteiger charge is -2.53. The number of hydrogen-bond donors (Lipinski definition) is 2. The third-order valence-electron chi connectivity index (χ3n) is 4.31. The lowest BCUT2D eigenvalue weighted by molar-refractivity contribution is -0.160. The van der Waals surface area contributed by atoms with Crippen molar-refractivity contribution in [1.29, 1.82) is 0 Å². The molecule has 1 atom stereocenters. The van der Waals surface area contributed by atoms with Crippen LogP contribution in [-0.2, 0) is 4.79 Å². The monoisotopic (exact) mass is 258 g/mol. The van der Waals surface area contributed by atoms with E-state index in [-0.39, 0.29) is 5.41 Å². The molecule has 0 amide bonds. The van der Waals surface area contributed by atoms with Crippen molar-refractivity contribution >= 4 is 17.7 Å². The molecule has 0 bridgehead atoms. The summed E-state index contributed by atoms with van der Waals surface area (Å²) in [6.07, 6.45) is 0.980. The summed E-state index contributed by atoms with van der Waals surface area (Å²) in [7, 11) is 0. The van der Waals surface area contributed by atoms with E-state index in [1.54, 1.807) is 11.8 Å². The van der Waals surface area contributed by atoms with E-state index in [4.69, 9.17) is 0 Å². The minimum absolute atomic E-state index is 0.151. The number of hydrogen-bond acceptors (Lipinski definition) is 4. The largest absolute Gasteiger partial charge is 0.480 e. The molecule has 98 valence electrons. The van der Waals surface area contributed by atoms with E-state index in [0.29, 0.717) is 0 Å². The van der Waals surface area contributed by atoms with Gasteiger partial charge in [-0.15, -0.1) is 0 Å². The number of rotatable bonds is 2. The van der Waals surface area contributed by atoms with Crippen LogP contribution in [0.4, 0.5) is 0 Å². The Labute approximate surface area is 107 Å². The molecule has 2 rings (SSSR count). The molecule has 0 aromatic rings. The topological polar surface area (TPSA) is 52.6 Å². The van der Waals surface area contributed by atoms with E-state index in [1.807, 2.05) is 0 Å². The Hall–Kier alpha value is -0.260. The van der Waals surface area contributed by atoms with Crippen LogP contribution in [0.1, 0.15) is 20.3 Å². The molecule has 2 aliphatic rings. The Morgan fingerprint density at radius 1 is 1.35 bits per heavy atom. The molecule has 17 heavy (non-hydrogen) atoms. The van der Waals surface area contributed by atoms with Gasteiger partial charge in [0, 0.05) is 31.9 Å². The van der Waals surface area contributed by atoms with Gasteiger partial charge in [0.2, 0.25) is 0 Å². The maximum absolute atomic E-state index is 11.9. The third kappa shape index (κ3) is 2.09. The van der Waals surface area contributed by atoms with Crippen LogP contribution >= 0.6 is 11.8 Å². The quantitative estimate of drug-likeness (QED) is 0.770. The minimum atomic E-state index is -0.683. The Kier molecular flexibility index (Phi) is 3.71. The number of thioether (sulfide) groups is 1. The van der Waals surface area contributed by atoms with Gasteiger partial charge in [0.15, 0.2) is 0 Å². The number of piperazine rings is 1. The zero-order valence-corrected chi connectivity index (χ0v) is 11.5. The molecule has 0 aromatic carbocycles. The number of nitrogens with zero attached hydrogens (tertiary/aromatic N) is 1. The van der Waals surface area contributed by atoms with E-state index >= 15 is 0 Å². The number of carbonyl (C=O) groups is 1. The summed E-state index contributed by atoms with van der Waals surface area (Å²) in [6, 6.07) is 0. The van der Waals surface area contributed by atoms with Crippen LogP contribution in [0.3, 0.4) is 0 Å². The standard InChI is InChI=1S/C12H22N2O2S/c1-11(2)3-8-17-9-12(11,10(15)16)14-6-4-13-5-7-14/h13H,3-9H2,1-2H3,(H,15,16). The van der Waals surface area contributed by atoms with Crippen LogP contribution in [0, 0.1) is 5.41 Å². The van der Waals surface area contributed by atoms with E-state index in [2.05, 4.69) is 24.1 Å². The molecule has 2 heterocycles. The Bertz CT molecular complexity index is 303. The highest BCUT2D eigenvalue weighted by Crippen LogP contribution is 2.46. The lowest BCUT2D eigenvalue weighted by atomic mass is 9.69. The first-order valence-corrected chi connectivity index (χ1v) is 7.43. The fourth-order valence-corrected chi connectivity index (χ4v) is 4.79. The first-order valence-electron chi connectivity index (χ1n) is 6.28. The summed E-state index contributed by atoms with van der Waals surface area (Å²) >= 11 is 1.78. The molecular weight excluding hydrogens is 236 g/mol. The Morgan fingerprint density at radius 3 is 2.53 bits per heavy atom. The van der Waals surface area contributed by atoms with Crippen molar-refractivity contribution in [3.63, 3.8) is 0 Å². The van der Waals surface area contributed by atoms with Gasteiger partial charge in [-0.2, -0.15) is 11.8 Å². The van der Waals surface area contributed by atoms with Crippen molar-refractivity contribution in [2.75, 3.05) is 37.7 Å². The molecule has 5 heteroatoms. The van der Waals surface area contributed by atoms with Gasteiger partial charge >= 0.3 is 5.97 Å². The van der Waals surface area contributed by atoms with Crippen molar-refractivity contribution < 1.29 is 9.90 Å². The van der Waals surface area contributed by atoms with Crippen molar-refractivity contribution in [2.45, 2.75) is 25.8 Å². The van der Waals surface area contributed by atoms with E-state index < -0.39 is 11.5 Å². The van der Waals surface area contributed by atoms with Crippen molar-refractivity contribution in [1.82, 2.24) is 10.2 Å². The first kappa shape index (κ1) is 13.2. The molecule has 2 aliphatic heterocycles. The molecular formula is C12H22N2O2S. The van der Waals surface area contributed by atoms with Gasteiger partial charge in [0.25, 0.3) is 0 Å². The van der Waals surface area contributed by atoms with Gasteiger partial charge in [0.05, 0.1) is 0 Å². The second-order valence-electron chi connectivity index (χ2n) is 5.59. The van der Waals surface area contributed by atoms with Gasteiger partial charge in [-0.3, -0.25) is 9.69 Å². The fourth-order valence-electron chi connectivity index (χ4n) is 3.00. The highest BCUT2D eigenvalue weighted by atomic mass is 32.2. The molecule has 2 N–H and O–H groups in total. The van der Waals surface area contributed by atoms with Crippen LogP contribution in [0.15, 0.2) is 0 Å². The molecule has 1 unspecified atom stereocenters. The van der Waals surface area contributed by atoms with E-state index in [1.165, 1.54) is 0 Å². The third-order valence-corrected chi connectivity index (χ3v) is 5.43. The lowest BCUT2D eigenvalue weighted by Crippen LogP contribution is -2.69. The predicted octanol–water partition coefficient (Wildman–Crippen LogP) is 0.878. The van der Waals surface area contributed by atoms with E-state index in [9.17, 15) is 9.90 Å². The highest BCUT2D eigenvalue weighted by molar-refractivity contribution is 7.99. The van der Waals surface area contributed by atoms with Gasteiger partial charge in [0.1, 0.15) is 5.54 Å². The van der Waals surface area contributed by atoms with Crippen LogP contribution in [0.2, 0.25) is 0 Å². The van der Waals surface area contributed by atoms with Gasteiger partial charge in [-0.05, 0) is 17.6 Å². The second-order valence-corrected chi connectivity index (χ2v) is 6.69. The molecule has 4 nitrogen and oxygen atoms in total. The summed E-state index contributed by atoms with van der Waals surface area (Å²) < 4.78 is 0. The molecule has 0 spiro atoms. The summed E-state index contributed by atoms with van der Waals surface area (Å²) in [5.74, 6) is 1.15. The summed E-state index contributed by atoms with van der Waals surface area (Å²) in [5, 5.41) is 13.1. The minimum Gasteiger partial charge on any atom is -0.480 e. The number of carboxylic acid groups (broad SMARTS) is 1. The molecule has 0 aliphatic carbocycles. The van der Waals surface area contributed by atoms with Crippen LogP contribution in [0.5, 0.6) is 0 Å². The maximum atomic E-state index is 11.9. The van der Waals surface area contributed by atoms with Crippen LogP contribution in [-0.4, -0.2) is 59.2 Å². The average molecular weight is 258 g/mol. The molecule has 2 fully saturated rings. The second kappa shape index (κ2) is 4.78. The van der Waals surface area contributed by atoms with Crippen LogP contribution < -0.4 is 5.32 Å². The Balaban J connectivity index is 2.32. The number of aliphatic carboxylic acids is 1. The summed E-state index contributed by atoms with van der Waals surface area (Å²) in [4.78, 5) is 14.1. The van der Waals surface area contributed by atoms with Crippen LogP contribution in [0.25, 0.3) is 0 Å². The summed E-state index contributed by atoms with van der Waals surface area (Å²) in [5.41, 5.74) is -0.834. The maximum Gasteiger partial charge on any atom is 0.325 e. The number of carboxylic acids is 1. The molecule has 2 saturated heterocycles. The van der Waals surface area contributed by atoms with E-state index in [0.717, 1.165) is 44.1 Å². The smallest absolute Gasteiger partial charge is 0.325 e. The molecule has 0 radical (unpaired) electrons. The van der Waals surface area contributed by atoms with Crippen molar-refractivity contribution in [2.24, 2.45) is 5.41 Å². The molecule has 0 aromatic heterocycles. The van der Waals surface area contributed by atoms with Crippen molar-refractivity contribution in [3.05, 3.63) is 0 Å². The van der Waals surface area contributed by atoms with Gasteiger partial charge in [-0.1, -0.05) is 13.8 Å². The normalized spacial score (nSPS) is 34.5. The van der Waals surface area contributed by atoms with Gasteiger partial charge in [-0.25, -0.2) is 0 Å². The zero-order valence-electron chi connectivity index (χ0n) is 10.7. The van der Waals surface area contributed by atoms with Crippen molar-refractivity contribution in [3.8, 4) is 0 Å².